The van der Waals surface area contributed by atoms with Crippen LogP contribution in [0.25, 0.3) is 11.6 Å². The standard InChI is InChI=1S/C14H13N3O3/c1-18-11-6-3-2-5-10(11)15-9-13-16-14(17-20-13)12-7-4-8-19-12/h2-8,15H,9H2,1H3. The monoisotopic (exact) mass is 271 g/mol. The summed E-state index contributed by atoms with van der Waals surface area (Å²) in [6.07, 6.45) is 1.57. The quantitative estimate of drug-likeness (QED) is 0.769. The maximum atomic E-state index is 5.25. The molecule has 0 amide bonds. The Labute approximate surface area is 115 Å². The Hall–Kier alpha value is -2.76. The number of benzene rings is 1. The summed E-state index contributed by atoms with van der Waals surface area (Å²) in [5.74, 6) is 2.25. The third-order valence-electron chi connectivity index (χ3n) is 2.75. The van der Waals surface area contributed by atoms with Crippen LogP contribution in [0.2, 0.25) is 0 Å². The first-order valence-electron chi connectivity index (χ1n) is 6.10. The molecule has 20 heavy (non-hydrogen) atoms. The molecule has 0 spiro atoms. The van der Waals surface area contributed by atoms with Crippen molar-refractivity contribution in [3.63, 3.8) is 0 Å². The smallest absolute Gasteiger partial charge is 0.246 e. The van der Waals surface area contributed by atoms with Gasteiger partial charge in [-0.2, -0.15) is 4.98 Å². The van der Waals surface area contributed by atoms with Gasteiger partial charge in [-0.05, 0) is 24.3 Å². The van der Waals surface area contributed by atoms with Crippen LogP contribution in [-0.4, -0.2) is 17.3 Å². The van der Waals surface area contributed by atoms with Gasteiger partial charge in [-0.3, -0.25) is 0 Å². The highest BCUT2D eigenvalue weighted by atomic mass is 16.5. The van der Waals surface area contributed by atoms with E-state index < -0.39 is 0 Å². The maximum absolute atomic E-state index is 5.25. The van der Waals surface area contributed by atoms with E-state index in [0.29, 0.717) is 24.0 Å². The van der Waals surface area contributed by atoms with E-state index in [2.05, 4.69) is 15.5 Å². The van der Waals surface area contributed by atoms with Gasteiger partial charge in [0, 0.05) is 0 Å². The molecule has 0 atom stereocenters. The van der Waals surface area contributed by atoms with Crippen molar-refractivity contribution in [2.75, 3.05) is 12.4 Å². The molecule has 0 fully saturated rings. The molecule has 6 nitrogen and oxygen atoms in total. The Morgan fingerprint density at radius 1 is 1.20 bits per heavy atom. The predicted octanol–water partition coefficient (Wildman–Crippen LogP) is 2.95. The molecule has 0 bridgehead atoms. The highest BCUT2D eigenvalue weighted by Crippen LogP contribution is 2.23. The van der Waals surface area contributed by atoms with Crippen molar-refractivity contribution < 1.29 is 13.7 Å². The number of aromatic nitrogens is 2. The number of ether oxygens (including phenoxy) is 1. The van der Waals surface area contributed by atoms with Crippen molar-refractivity contribution in [3.05, 3.63) is 48.6 Å². The maximum Gasteiger partial charge on any atom is 0.246 e. The minimum absolute atomic E-state index is 0.411. The number of nitrogens with zero attached hydrogens (tertiary/aromatic N) is 2. The average Bonchev–Trinajstić information content (AvgIpc) is 3.16. The summed E-state index contributed by atoms with van der Waals surface area (Å²) in [6, 6.07) is 11.2. The number of hydrogen-bond acceptors (Lipinski definition) is 6. The fraction of sp³-hybridized carbons (Fsp3) is 0.143. The van der Waals surface area contributed by atoms with Gasteiger partial charge in [0.05, 0.1) is 25.6 Å². The summed E-state index contributed by atoms with van der Waals surface area (Å²) >= 11 is 0. The Morgan fingerprint density at radius 2 is 2.10 bits per heavy atom. The third kappa shape index (κ3) is 2.49. The van der Waals surface area contributed by atoms with Gasteiger partial charge in [0.1, 0.15) is 5.75 Å². The lowest BCUT2D eigenvalue weighted by atomic mass is 10.3. The zero-order valence-electron chi connectivity index (χ0n) is 10.9. The summed E-state index contributed by atoms with van der Waals surface area (Å²) < 4.78 is 15.6. The van der Waals surface area contributed by atoms with E-state index in [1.807, 2.05) is 24.3 Å². The highest BCUT2D eigenvalue weighted by Gasteiger charge is 2.11. The number of furan rings is 1. The molecule has 3 aromatic rings. The lowest BCUT2D eigenvalue weighted by Crippen LogP contribution is -2.01. The second-order valence-corrected chi connectivity index (χ2v) is 4.04. The van der Waals surface area contributed by atoms with Crippen LogP contribution in [0.3, 0.4) is 0 Å². The van der Waals surface area contributed by atoms with Gasteiger partial charge in [-0.25, -0.2) is 0 Å². The van der Waals surface area contributed by atoms with Crippen molar-refractivity contribution in [1.82, 2.24) is 10.1 Å². The van der Waals surface area contributed by atoms with Crippen LogP contribution < -0.4 is 10.1 Å². The molecule has 0 aliphatic carbocycles. The van der Waals surface area contributed by atoms with Crippen molar-refractivity contribution >= 4 is 5.69 Å². The number of nitrogens with one attached hydrogen (secondary N) is 1. The molecule has 0 unspecified atom stereocenters. The second kappa shape index (κ2) is 5.48. The van der Waals surface area contributed by atoms with Crippen LogP contribution in [0.5, 0.6) is 5.75 Å². The molecule has 0 radical (unpaired) electrons. The summed E-state index contributed by atoms with van der Waals surface area (Å²) in [5.41, 5.74) is 0.868. The number of para-hydroxylation sites is 2. The van der Waals surface area contributed by atoms with Crippen LogP contribution in [-0.2, 0) is 6.54 Å². The zero-order valence-corrected chi connectivity index (χ0v) is 10.9. The predicted molar refractivity (Wildman–Crippen MR) is 72.3 cm³/mol. The van der Waals surface area contributed by atoms with Crippen LogP contribution in [0, 0.1) is 0 Å². The van der Waals surface area contributed by atoms with Crippen LogP contribution in [0.15, 0.2) is 51.6 Å². The molecule has 0 aliphatic rings. The Balaban J connectivity index is 1.70. The molecular weight excluding hydrogens is 258 g/mol. The molecule has 6 heteroatoms. The van der Waals surface area contributed by atoms with E-state index in [1.165, 1.54) is 0 Å². The largest absolute Gasteiger partial charge is 0.495 e. The van der Waals surface area contributed by atoms with Crippen molar-refractivity contribution in [2.24, 2.45) is 0 Å². The SMILES string of the molecule is COc1ccccc1NCc1nc(-c2ccco2)no1. The fourth-order valence-corrected chi connectivity index (χ4v) is 1.79. The van der Waals surface area contributed by atoms with Gasteiger partial charge in [0.15, 0.2) is 5.76 Å². The molecule has 1 aromatic carbocycles. The molecule has 0 saturated carbocycles. The number of anilines is 1. The summed E-state index contributed by atoms with van der Waals surface area (Å²) in [5, 5.41) is 7.05. The van der Waals surface area contributed by atoms with E-state index in [1.54, 1.807) is 25.5 Å². The third-order valence-corrected chi connectivity index (χ3v) is 2.75. The summed E-state index contributed by atoms with van der Waals surface area (Å²) in [7, 11) is 1.63. The van der Waals surface area contributed by atoms with Crippen LogP contribution in [0.4, 0.5) is 5.69 Å². The number of methoxy groups -OCH3 is 1. The van der Waals surface area contributed by atoms with Crippen molar-refractivity contribution in [2.45, 2.75) is 6.54 Å². The molecule has 0 aliphatic heterocycles. The van der Waals surface area contributed by atoms with Gasteiger partial charge >= 0.3 is 0 Å². The summed E-state index contributed by atoms with van der Waals surface area (Å²) in [4.78, 5) is 4.25. The fourth-order valence-electron chi connectivity index (χ4n) is 1.79. The van der Waals surface area contributed by atoms with Gasteiger partial charge in [0.25, 0.3) is 0 Å². The Bertz CT molecular complexity index is 677. The van der Waals surface area contributed by atoms with E-state index >= 15 is 0 Å². The van der Waals surface area contributed by atoms with E-state index in [9.17, 15) is 0 Å². The van der Waals surface area contributed by atoms with E-state index in [-0.39, 0.29) is 0 Å². The molecule has 102 valence electrons. The zero-order chi connectivity index (χ0) is 13.8. The Morgan fingerprint density at radius 3 is 2.90 bits per heavy atom. The number of rotatable bonds is 5. The van der Waals surface area contributed by atoms with Gasteiger partial charge in [-0.15, -0.1) is 0 Å². The minimum atomic E-state index is 0.411. The minimum Gasteiger partial charge on any atom is -0.495 e. The normalized spacial score (nSPS) is 10.4. The van der Waals surface area contributed by atoms with Crippen molar-refractivity contribution in [1.29, 1.82) is 0 Å². The topological polar surface area (TPSA) is 73.3 Å². The van der Waals surface area contributed by atoms with Crippen LogP contribution in [0.1, 0.15) is 5.89 Å². The first kappa shape index (κ1) is 12.3. The first-order chi connectivity index (χ1) is 9.86. The van der Waals surface area contributed by atoms with Gasteiger partial charge in [0.2, 0.25) is 11.7 Å². The van der Waals surface area contributed by atoms with Gasteiger partial charge in [-0.1, -0.05) is 17.3 Å². The highest BCUT2D eigenvalue weighted by molar-refractivity contribution is 5.56. The molecule has 0 saturated heterocycles. The average molecular weight is 271 g/mol. The molecule has 3 rings (SSSR count). The molecule has 2 aromatic heterocycles. The summed E-state index contributed by atoms with van der Waals surface area (Å²) in [6.45, 7) is 0.411. The lowest BCUT2D eigenvalue weighted by molar-refractivity contribution is 0.382. The second-order valence-electron chi connectivity index (χ2n) is 4.04. The first-order valence-corrected chi connectivity index (χ1v) is 6.10. The lowest BCUT2D eigenvalue weighted by Gasteiger charge is -2.08. The molecule has 1 N–H and O–H groups in total. The molecular formula is C14H13N3O3. The van der Waals surface area contributed by atoms with Crippen molar-refractivity contribution in [3.8, 4) is 17.3 Å². The number of hydrogen-bond donors (Lipinski definition) is 1. The van der Waals surface area contributed by atoms with E-state index in [4.69, 9.17) is 13.7 Å². The van der Waals surface area contributed by atoms with Gasteiger partial charge < -0.3 is 19.0 Å². The van der Waals surface area contributed by atoms with E-state index in [0.717, 1.165) is 11.4 Å². The molecule has 2 heterocycles. The Kier molecular flexibility index (Phi) is 3.36. The van der Waals surface area contributed by atoms with Crippen LogP contribution >= 0.6 is 0 Å².